The van der Waals surface area contributed by atoms with Gasteiger partial charge >= 0.3 is 12.0 Å². The highest BCUT2D eigenvalue weighted by atomic mass is 16.5. The van der Waals surface area contributed by atoms with E-state index in [1.165, 1.54) is 26.5 Å². The third kappa shape index (κ3) is 4.30. The summed E-state index contributed by atoms with van der Waals surface area (Å²) in [6.45, 7) is 0. The van der Waals surface area contributed by atoms with E-state index in [1.807, 2.05) is 30.3 Å². The lowest BCUT2D eigenvalue weighted by Gasteiger charge is -2.13. The molecule has 0 bridgehead atoms. The van der Waals surface area contributed by atoms with Gasteiger partial charge in [0.25, 0.3) is 0 Å². The summed E-state index contributed by atoms with van der Waals surface area (Å²) in [5.41, 5.74) is 1.40. The number of methoxy groups -OCH3 is 2. The Hall–Kier alpha value is -3.68. The minimum Gasteiger partial charge on any atom is -0.481 e. The van der Waals surface area contributed by atoms with Crippen LogP contribution in [0.15, 0.2) is 48.7 Å². The Bertz CT molecular complexity index is 925. The number of aromatic nitrogens is 3. The minimum absolute atomic E-state index is 0.0733. The maximum Gasteiger partial charge on any atom is 0.358 e. The van der Waals surface area contributed by atoms with Gasteiger partial charge in [0.15, 0.2) is 11.4 Å². The maximum absolute atomic E-state index is 11.6. The smallest absolute Gasteiger partial charge is 0.358 e. The minimum atomic E-state index is -1.21. The molecule has 0 radical (unpaired) electrons. The van der Waals surface area contributed by atoms with Crippen molar-refractivity contribution in [2.45, 2.75) is 6.42 Å². The molecule has 0 amide bonds. The quantitative estimate of drug-likeness (QED) is 0.680. The predicted octanol–water partition coefficient (Wildman–Crippen LogP) is 2.97. The van der Waals surface area contributed by atoms with Crippen molar-refractivity contribution in [2.75, 3.05) is 14.2 Å². The highest BCUT2D eigenvalue weighted by Crippen LogP contribution is 2.30. The Kier molecular flexibility index (Phi) is 5.46. The number of carboxylic acids is 1. The number of ether oxygens (including phenoxy) is 3. The first-order chi connectivity index (χ1) is 13.1. The van der Waals surface area contributed by atoms with Crippen molar-refractivity contribution in [3.8, 4) is 23.5 Å². The van der Waals surface area contributed by atoms with Crippen molar-refractivity contribution >= 4 is 5.97 Å². The Labute approximate surface area is 155 Å². The molecule has 0 unspecified atom stereocenters. The summed E-state index contributed by atoms with van der Waals surface area (Å²) < 4.78 is 15.9. The number of nitrogens with zero attached hydrogens (tertiary/aromatic N) is 3. The summed E-state index contributed by atoms with van der Waals surface area (Å²) in [6, 6.07) is 12.7. The molecule has 0 atom stereocenters. The molecular weight excluding hydrogens is 350 g/mol. The number of aromatic carboxylic acids is 1. The van der Waals surface area contributed by atoms with Crippen molar-refractivity contribution in [2.24, 2.45) is 0 Å². The second kappa shape index (κ2) is 8.13. The average molecular weight is 367 g/mol. The number of benzene rings is 1. The van der Waals surface area contributed by atoms with E-state index >= 15 is 0 Å². The third-order valence-corrected chi connectivity index (χ3v) is 3.70. The predicted molar refractivity (Wildman–Crippen MR) is 95.7 cm³/mol. The van der Waals surface area contributed by atoms with Crippen LogP contribution in [0.2, 0.25) is 0 Å². The fraction of sp³-hybridized carbons (Fsp3) is 0.158. The van der Waals surface area contributed by atoms with Crippen molar-refractivity contribution < 1.29 is 24.1 Å². The van der Waals surface area contributed by atoms with Gasteiger partial charge in [0.05, 0.1) is 20.3 Å². The van der Waals surface area contributed by atoms with Gasteiger partial charge in [-0.1, -0.05) is 30.3 Å². The van der Waals surface area contributed by atoms with E-state index in [0.29, 0.717) is 12.0 Å². The first-order valence-corrected chi connectivity index (χ1v) is 8.00. The monoisotopic (exact) mass is 367 g/mol. The van der Waals surface area contributed by atoms with Gasteiger partial charge in [0.2, 0.25) is 11.8 Å². The first kappa shape index (κ1) is 18.1. The van der Waals surface area contributed by atoms with Crippen molar-refractivity contribution in [3.05, 3.63) is 65.5 Å². The van der Waals surface area contributed by atoms with Gasteiger partial charge in [0.1, 0.15) is 0 Å². The molecule has 0 saturated carbocycles. The lowest BCUT2D eigenvalue weighted by atomic mass is 10.0. The van der Waals surface area contributed by atoms with Gasteiger partial charge in [-0.15, -0.1) is 0 Å². The fourth-order valence-corrected chi connectivity index (χ4v) is 2.44. The molecule has 0 aliphatic rings. The van der Waals surface area contributed by atoms with E-state index < -0.39 is 5.97 Å². The molecule has 0 saturated heterocycles. The van der Waals surface area contributed by atoms with Crippen LogP contribution in [-0.4, -0.2) is 40.2 Å². The third-order valence-electron chi connectivity index (χ3n) is 3.70. The van der Waals surface area contributed by atoms with E-state index in [2.05, 4.69) is 15.0 Å². The standard InChI is InChI=1S/C19H17N3O5/c1-25-14-11-15(26-2)22-19(21-14)27-17-13(8-9-20-16(17)18(23)24)10-12-6-4-3-5-7-12/h3-9,11H,10H2,1-2H3,(H,23,24). The van der Waals surface area contributed by atoms with Crippen LogP contribution in [0.25, 0.3) is 0 Å². The van der Waals surface area contributed by atoms with Crippen LogP contribution in [0, 0.1) is 0 Å². The SMILES string of the molecule is COc1cc(OC)nc(Oc2c(Cc3ccccc3)ccnc2C(=O)O)n1. The number of carbonyl (C=O) groups is 1. The molecule has 27 heavy (non-hydrogen) atoms. The topological polar surface area (TPSA) is 104 Å². The number of pyridine rings is 1. The zero-order valence-corrected chi connectivity index (χ0v) is 14.7. The normalized spacial score (nSPS) is 10.3. The largest absolute Gasteiger partial charge is 0.481 e. The molecule has 0 aliphatic carbocycles. The van der Waals surface area contributed by atoms with Crippen LogP contribution in [-0.2, 0) is 6.42 Å². The molecule has 0 spiro atoms. The number of hydrogen-bond donors (Lipinski definition) is 1. The fourth-order valence-electron chi connectivity index (χ4n) is 2.44. The van der Waals surface area contributed by atoms with E-state index in [-0.39, 0.29) is 29.2 Å². The molecule has 3 aromatic rings. The Morgan fingerprint density at radius 1 is 1.04 bits per heavy atom. The van der Waals surface area contributed by atoms with Gasteiger partial charge in [-0.2, -0.15) is 9.97 Å². The summed E-state index contributed by atoms with van der Waals surface area (Å²) in [6.07, 6.45) is 1.89. The van der Waals surface area contributed by atoms with E-state index in [1.54, 1.807) is 6.07 Å². The molecule has 138 valence electrons. The van der Waals surface area contributed by atoms with E-state index in [0.717, 1.165) is 5.56 Å². The van der Waals surface area contributed by atoms with Crippen LogP contribution in [0.5, 0.6) is 23.5 Å². The lowest BCUT2D eigenvalue weighted by Crippen LogP contribution is -2.08. The Morgan fingerprint density at radius 3 is 2.30 bits per heavy atom. The van der Waals surface area contributed by atoms with Gasteiger partial charge in [-0.25, -0.2) is 9.78 Å². The maximum atomic E-state index is 11.6. The summed E-state index contributed by atoms with van der Waals surface area (Å²) in [5, 5.41) is 9.50. The summed E-state index contributed by atoms with van der Waals surface area (Å²) in [7, 11) is 2.89. The molecular formula is C19H17N3O5. The average Bonchev–Trinajstić information content (AvgIpc) is 2.69. The Balaban J connectivity index is 2.04. The molecule has 8 heteroatoms. The van der Waals surface area contributed by atoms with Gasteiger partial charge in [-0.3, -0.25) is 0 Å². The number of hydrogen-bond acceptors (Lipinski definition) is 7. The molecule has 1 aromatic carbocycles. The molecule has 8 nitrogen and oxygen atoms in total. The van der Waals surface area contributed by atoms with Crippen LogP contribution >= 0.6 is 0 Å². The van der Waals surface area contributed by atoms with Crippen LogP contribution < -0.4 is 14.2 Å². The summed E-state index contributed by atoms with van der Waals surface area (Å²) in [5.74, 6) is -0.691. The highest BCUT2D eigenvalue weighted by molar-refractivity contribution is 5.89. The van der Waals surface area contributed by atoms with Crippen LogP contribution in [0.4, 0.5) is 0 Å². The number of rotatable bonds is 7. The zero-order chi connectivity index (χ0) is 19.2. The molecule has 1 N–H and O–H groups in total. The number of carboxylic acid groups (broad SMARTS) is 1. The second-order valence-corrected chi connectivity index (χ2v) is 5.45. The summed E-state index contributed by atoms with van der Waals surface area (Å²) in [4.78, 5) is 23.7. The van der Waals surface area contributed by atoms with Gasteiger partial charge < -0.3 is 19.3 Å². The van der Waals surface area contributed by atoms with Gasteiger partial charge in [0, 0.05) is 18.2 Å². The first-order valence-electron chi connectivity index (χ1n) is 8.00. The molecule has 0 fully saturated rings. The highest BCUT2D eigenvalue weighted by Gasteiger charge is 2.20. The Morgan fingerprint density at radius 2 is 1.70 bits per heavy atom. The molecule has 0 aliphatic heterocycles. The zero-order valence-electron chi connectivity index (χ0n) is 14.7. The molecule has 2 aromatic heterocycles. The van der Waals surface area contributed by atoms with E-state index in [4.69, 9.17) is 14.2 Å². The van der Waals surface area contributed by atoms with Crippen molar-refractivity contribution in [3.63, 3.8) is 0 Å². The van der Waals surface area contributed by atoms with Crippen molar-refractivity contribution in [1.29, 1.82) is 0 Å². The van der Waals surface area contributed by atoms with Crippen LogP contribution in [0.1, 0.15) is 21.6 Å². The van der Waals surface area contributed by atoms with Crippen molar-refractivity contribution in [1.82, 2.24) is 15.0 Å². The van der Waals surface area contributed by atoms with Crippen LogP contribution in [0.3, 0.4) is 0 Å². The van der Waals surface area contributed by atoms with E-state index in [9.17, 15) is 9.90 Å². The molecule has 3 rings (SSSR count). The second-order valence-electron chi connectivity index (χ2n) is 5.45. The lowest BCUT2D eigenvalue weighted by molar-refractivity contribution is 0.0687. The molecule has 2 heterocycles. The van der Waals surface area contributed by atoms with Gasteiger partial charge in [-0.05, 0) is 11.6 Å². The summed E-state index contributed by atoms with van der Waals surface area (Å²) >= 11 is 0.